The molecule has 0 bridgehead atoms. The van der Waals surface area contributed by atoms with Gasteiger partial charge < -0.3 is 5.32 Å². The summed E-state index contributed by atoms with van der Waals surface area (Å²) in [5, 5.41) is 3.35. The van der Waals surface area contributed by atoms with E-state index < -0.39 is 0 Å². The molecule has 0 amide bonds. The summed E-state index contributed by atoms with van der Waals surface area (Å²) in [6, 6.07) is 6.83. The molecule has 0 fully saturated rings. The second-order valence-electron chi connectivity index (χ2n) is 3.79. The predicted octanol–water partition coefficient (Wildman–Crippen LogP) is 3.44. The molecule has 14 heavy (non-hydrogen) atoms. The zero-order chi connectivity index (χ0) is 10.6. The molecule has 1 aliphatic rings. The number of fused-ring (bicyclic) bond motifs is 1. The summed E-state index contributed by atoms with van der Waals surface area (Å²) >= 11 is 0. The topological polar surface area (TPSA) is 12.0 Å². The van der Waals surface area contributed by atoms with Gasteiger partial charge in [0.15, 0.2) is 0 Å². The minimum absolute atomic E-state index is 0.649. The van der Waals surface area contributed by atoms with E-state index in [9.17, 15) is 0 Å². The van der Waals surface area contributed by atoms with Gasteiger partial charge in [-0.3, -0.25) is 0 Å². The van der Waals surface area contributed by atoms with Crippen molar-refractivity contribution < 1.29 is 0 Å². The van der Waals surface area contributed by atoms with E-state index in [4.69, 9.17) is 0 Å². The predicted molar refractivity (Wildman–Crippen MR) is 62.4 cm³/mol. The average molecular weight is 191 g/mol. The van der Waals surface area contributed by atoms with Crippen LogP contribution in [0.1, 0.15) is 50.3 Å². The van der Waals surface area contributed by atoms with Crippen LogP contribution in [-0.2, 0) is 13.1 Å². The van der Waals surface area contributed by atoms with Gasteiger partial charge in [0.1, 0.15) is 0 Å². The van der Waals surface area contributed by atoms with Crippen LogP contribution in [0.25, 0.3) is 0 Å². The molecule has 0 radical (unpaired) electrons. The van der Waals surface area contributed by atoms with Crippen LogP contribution in [0.15, 0.2) is 18.2 Å². The van der Waals surface area contributed by atoms with E-state index in [2.05, 4.69) is 37.4 Å². The summed E-state index contributed by atoms with van der Waals surface area (Å²) in [6.07, 6.45) is 0. The van der Waals surface area contributed by atoms with Crippen LogP contribution in [0, 0.1) is 0 Å². The van der Waals surface area contributed by atoms with Gasteiger partial charge in [-0.25, -0.2) is 0 Å². The molecule has 0 aromatic heterocycles. The molecule has 1 heteroatoms. The summed E-state index contributed by atoms with van der Waals surface area (Å²) in [6.45, 7) is 10.6. The zero-order valence-corrected chi connectivity index (χ0v) is 9.72. The summed E-state index contributed by atoms with van der Waals surface area (Å²) in [5.41, 5.74) is 4.41. The maximum absolute atomic E-state index is 3.35. The summed E-state index contributed by atoms with van der Waals surface area (Å²) in [7, 11) is 0. The number of rotatable bonds is 1. The summed E-state index contributed by atoms with van der Waals surface area (Å²) in [5.74, 6) is 0.649. The first-order valence-corrected chi connectivity index (χ1v) is 5.60. The van der Waals surface area contributed by atoms with E-state index in [1.807, 2.05) is 13.8 Å². The highest BCUT2D eigenvalue weighted by molar-refractivity contribution is 5.35. The van der Waals surface area contributed by atoms with Crippen LogP contribution < -0.4 is 5.32 Å². The second kappa shape index (κ2) is 5.16. The van der Waals surface area contributed by atoms with Crippen molar-refractivity contribution in [1.82, 2.24) is 5.32 Å². The van der Waals surface area contributed by atoms with Crippen molar-refractivity contribution in [2.45, 2.75) is 46.7 Å². The van der Waals surface area contributed by atoms with E-state index in [1.165, 1.54) is 16.7 Å². The fourth-order valence-corrected chi connectivity index (χ4v) is 1.67. The van der Waals surface area contributed by atoms with Crippen LogP contribution in [0.4, 0.5) is 0 Å². The van der Waals surface area contributed by atoms with E-state index in [1.54, 1.807) is 0 Å². The lowest BCUT2D eigenvalue weighted by Gasteiger charge is -2.06. The lowest BCUT2D eigenvalue weighted by Crippen LogP contribution is -1.99. The van der Waals surface area contributed by atoms with Gasteiger partial charge in [0.05, 0.1) is 0 Å². The number of nitrogens with one attached hydrogen (secondary N) is 1. The highest BCUT2D eigenvalue weighted by Gasteiger charge is 2.10. The number of benzene rings is 1. The van der Waals surface area contributed by atoms with Gasteiger partial charge in [-0.1, -0.05) is 45.9 Å². The van der Waals surface area contributed by atoms with E-state index >= 15 is 0 Å². The Labute approximate surface area is 87.5 Å². The molecule has 78 valence electrons. The quantitative estimate of drug-likeness (QED) is 0.717. The summed E-state index contributed by atoms with van der Waals surface area (Å²) in [4.78, 5) is 0. The molecule has 0 spiro atoms. The highest BCUT2D eigenvalue weighted by Crippen LogP contribution is 2.21. The fourth-order valence-electron chi connectivity index (χ4n) is 1.67. The first-order valence-electron chi connectivity index (χ1n) is 5.60. The first-order chi connectivity index (χ1) is 6.77. The Bertz CT molecular complexity index is 289. The molecule has 1 aromatic carbocycles. The standard InChI is InChI=1S/C11H15N.C2H6/c1-8(2)9-3-4-10-6-12-7-11(10)5-9;1-2/h3-5,8,12H,6-7H2,1-2H3;1-2H3. The van der Waals surface area contributed by atoms with E-state index in [-0.39, 0.29) is 0 Å². The maximum atomic E-state index is 3.35. The lowest BCUT2D eigenvalue weighted by atomic mass is 9.99. The smallest absolute Gasteiger partial charge is 0.0212 e. The first kappa shape index (κ1) is 11.3. The van der Waals surface area contributed by atoms with Crippen molar-refractivity contribution in [3.63, 3.8) is 0 Å². The van der Waals surface area contributed by atoms with Crippen LogP contribution in [0.3, 0.4) is 0 Å². The monoisotopic (exact) mass is 191 g/mol. The van der Waals surface area contributed by atoms with Gasteiger partial charge in [-0.2, -0.15) is 0 Å². The molecule has 0 unspecified atom stereocenters. The van der Waals surface area contributed by atoms with Gasteiger partial charge >= 0.3 is 0 Å². The normalized spacial score (nSPS) is 13.5. The Morgan fingerprint density at radius 2 is 1.71 bits per heavy atom. The van der Waals surface area contributed by atoms with E-state index in [0.717, 1.165) is 13.1 Å². The van der Waals surface area contributed by atoms with Crippen LogP contribution >= 0.6 is 0 Å². The van der Waals surface area contributed by atoms with Gasteiger partial charge in [-0.15, -0.1) is 0 Å². The molecule has 0 aliphatic carbocycles. The Hall–Kier alpha value is -0.820. The van der Waals surface area contributed by atoms with Crippen molar-refractivity contribution >= 4 is 0 Å². The minimum atomic E-state index is 0.649. The molecule has 1 aliphatic heterocycles. The SMILES string of the molecule is CC.CC(C)c1ccc2c(c1)CNC2. The lowest BCUT2D eigenvalue weighted by molar-refractivity contribution is 0.764. The third-order valence-electron chi connectivity index (χ3n) is 2.53. The third-order valence-corrected chi connectivity index (χ3v) is 2.53. The second-order valence-corrected chi connectivity index (χ2v) is 3.79. The molecule has 1 N–H and O–H groups in total. The number of hydrogen-bond acceptors (Lipinski definition) is 1. The van der Waals surface area contributed by atoms with Crippen LogP contribution in [0.2, 0.25) is 0 Å². The minimum Gasteiger partial charge on any atom is -0.309 e. The molecule has 1 nitrogen and oxygen atoms in total. The number of hydrogen-bond donors (Lipinski definition) is 1. The molecule has 1 aromatic rings. The fraction of sp³-hybridized carbons (Fsp3) is 0.538. The average Bonchev–Trinajstić information content (AvgIpc) is 2.67. The van der Waals surface area contributed by atoms with Crippen molar-refractivity contribution in [1.29, 1.82) is 0 Å². The maximum Gasteiger partial charge on any atom is 0.0212 e. The molecule has 1 heterocycles. The Morgan fingerprint density at radius 3 is 2.36 bits per heavy atom. The van der Waals surface area contributed by atoms with Crippen molar-refractivity contribution in [2.24, 2.45) is 0 Å². The van der Waals surface area contributed by atoms with Crippen molar-refractivity contribution in [3.8, 4) is 0 Å². The molecule has 0 atom stereocenters. The molecule has 2 rings (SSSR count). The molecular weight excluding hydrogens is 170 g/mol. The molecule has 0 saturated carbocycles. The van der Waals surface area contributed by atoms with Crippen molar-refractivity contribution in [2.75, 3.05) is 0 Å². The Kier molecular flexibility index (Phi) is 4.15. The van der Waals surface area contributed by atoms with E-state index in [0.29, 0.717) is 5.92 Å². The van der Waals surface area contributed by atoms with Gasteiger partial charge in [0, 0.05) is 13.1 Å². The Morgan fingerprint density at radius 1 is 1.07 bits per heavy atom. The van der Waals surface area contributed by atoms with Gasteiger partial charge in [-0.05, 0) is 22.6 Å². The molecular formula is C13H21N. The van der Waals surface area contributed by atoms with Crippen LogP contribution in [0.5, 0.6) is 0 Å². The third kappa shape index (κ3) is 2.36. The zero-order valence-electron chi connectivity index (χ0n) is 9.72. The Balaban J connectivity index is 0.000000461. The largest absolute Gasteiger partial charge is 0.309 e. The van der Waals surface area contributed by atoms with Gasteiger partial charge in [0.2, 0.25) is 0 Å². The molecule has 0 saturated heterocycles. The van der Waals surface area contributed by atoms with Crippen molar-refractivity contribution in [3.05, 3.63) is 34.9 Å². The van der Waals surface area contributed by atoms with Gasteiger partial charge in [0.25, 0.3) is 0 Å². The van der Waals surface area contributed by atoms with Crippen LogP contribution in [-0.4, -0.2) is 0 Å². The summed E-state index contributed by atoms with van der Waals surface area (Å²) < 4.78 is 0. The highest BCUT2D eigenvalue weighted by atomic mass is 14.9.